The number of benzene rings is 2. The lowest BCUT2D eigenvalue weighted by molar-refractivity contribution is 0.235. The van der Waals surface area contributed by atoms with Crippen molar-refractivity contribution in [3.05, 3.63) is 59.7 Å². The highest BCUT2D eigenvalue weighted by molar-refractivity contribution is 8.62. The molecule has 0 aromatic heterocycles. The standard InChI is InChI=1S/C30H44N6O8P2S2/c1-7-41-45(37,42-8-2)47-29(33-31-23-25-11-15-27(39-5)16-12-25)35-19-21-36(22-20-35)30(48-46(38,43-9-3)44-10-4)34-32-24-26-13-17-28(40-6)18-14-26/h11-18,23-24H,7-10,19-22H2,1-6H3/b31-23+,32-24+,33-29+,34-30+. The molecule has 0 atom stereocenters. The van der Waals surface area contributed by atoms with Crippen LogP contribution < -0.4 is 9.47 Å². The van der Waals surface area contributed by atoms with Crippen LogP contribution in [0.2, 0.25) is 0 Å². The van der Waals surface area contributed by atoms with Gasteiger partial charge >= 0.3 is 13.6 Å². The maximum atomic E-state index is 13.5. The highest BCUT2D eigenvalue weighted by Gasteiger charge is 2.35. The van der Waals surface area contributed by atoms with Crippen LogP contribution in [0.15, 0.2) is 68.9 Å². The van der Waals surface area contributed by atoms with Crippen molar-refractivity contribution in [2.75, 3.05) is 66.8 Å². The molecule has 0 saturated carbocycles. The van der Waals surface area contributed by atoms with Crippen molar-refractivity contribution in [3.63, 3.8) is 0 Å². The molecule has 0 bridgehead atoms. The van der Waals surface area contributed by atoms with E-state index in [1.165, 1.54) is 0 Å². The van der Waals surface area contributed by atoms with Crippen LogP contribution >= 0.6 is 36.4 Å². The maximum absolute atomic E-state index is 13.5. The van der Waals surface area contributed by atoms with Crippen LogP contribution in [-0.4, -0.2) is 99.4 Å². The number of hydrogen-bond donors (Lipinski definition) is 0. The fourth-order valence-corrected chi connectivity index (χ4v) is 10.8. The van der Waals surface area contributed by atoms with Gasteiger partial charge in [0, 0.05) is 48.9 Å². The second-order valence-corrected chi connectivity index (χ2v) is 17.2. The summed E-state index contributed by atoms with van der Waals surface area (Å²) in [6.45, 7) is 2.43. The molecular formula is C30H44N6O8P2S2. The van der Waals surface area contributed by atoms with Gasteiger partial charge in [-0.1, -0.05) is 0 Å². The van der Waals surface area contributed by atoms with E-state index in [0.717, 1.165) is 45.4 Å². The Labute approximate surface area is 290 Å². The lowest BCUT2D eigenvalue weighted by Crippen LogP contribution is -2.49. The Hall–Kier alpha value is -2.68. The average molecular weight is 743 g/mol. The molecule has 0 N–H and O–H groups in total. The Morgan fingerprint density at radius 3 is 1.21 bits per heavy atom. The summed E-state index contributed by atoms with van der Waals surface area (Å²) < 4.78 is 59.7. The number of rotatable bonds is 16. The number of ether oxygens (including phenoxy) is 2. The van der Waals surface area contributed by atoms with Crippen molar-refractivity contribution < 1.29 is 36.7 Å². The van der Waals surface area contributed by atoms with E-state index in [0.29, 0.717) is 36.5 Å². The van der Waals surface area contributed by atoms with Crippen molar-refractivity contribution in [3.8, 4) is 11.5 Å². The van der Waals surface area contributed by atoms with Crippen molar-refractivity contribution in [2.24, 2.45) is 20.4 Å². The monoisotopic (exact) mass is 742 g/mol. The topological polar surface area (TPSA) is 145 Å². The lowest BCUT2D eigenvalue weighted by atomic mass is 10.2. The molecule has 2 aromatic rings. The van der Waals surface area contributed by atoms with Crippen LogP contribution in [0.4, 0.5) is 0 Å². The Bertz CT molecular complexity index is 1360. The molecule has 0 amide bonds. The fourth-order valence-electron chi connectivity index (χ4n) is 4.05. The second-order valence-electron chi connectivity index (χ2n) is 9.52. The second kappa shape index (κ2) is 20.7. The molecular weight excluding hydrogens is 698 g/mol. The van der Waals surface area contributed by atoms with E-state index in [-0.39, 0.29) is 26.4 Å². The minimum atomic E-state index is -3.58. The third kappa shape index (κ3) is 13.0. The molecule has 1 aliphatic heterocycles. The quantitative estimate of drug-likeness (QED) is 0.0740. The van der Waals surface area contributed by atoms with Gasteiger partial charge in [-0.05, 0) is 87.4 Å². The first-order valence-electron chi connectivity index (χ1n) is 15.4. The van der Waals surface area contributed by atoms with E-state index < -0.39 is 13.6 Å². The molecule has 1 heterocycles. The molecule has 3 rings (SSSR count). The summed E-state index contributed by atoms with van der Waals surface area (Å²) in [5.74, 6) is 1.45. The number of amidine groups is 2. The van der Waals surface area contributed by atoms with Gasteiger partial charge < -0.3 is 37.4 Å². The Balaban J connectivity index is 1.86. The Kier molecular flexibility index (Phi) is 17.2. The highest BCUT2D eigenvalue weighted by Crippen LogP contribution is 2.62. The van der Waals surface area contributed by atoms with Crippen LogP contribution in [0.1, 0.15) is 38.8 Å². The summed E-state index contributed by atoms with van der Waals surface area (Å²) in [6, 6.07) is 14.7. The van der Waals surface area contributed by atoms with Gasteiger partial charge in [-0.15, -0.1) is 10.2 Å². The zero-order valence-electron chi connectivity index (χ0n) is 28.1. The number of methoxy groups -OCH3 is 2. The summed E-state index contributed by atoms with van der Waals surface area (Å²) in [4.78, 5) is 3.90. The maximum Gasteiger partial charge on any atom is 0.396 e. The van der Waals surface area contributed by atoms with Crippen LogP contribution in [0.25, 0.3) is 0 Å². The third-order valence-corrected chi connectivity index (χ3v) is 13.6. The van der Waals surface area contributed by atoms with Gasteiger partial charge in [0.25, 0.3) is 0 Å². The summed E-state index contributed by atoms with van der Waals surface area (Å²) in [5.41, 5.74) is 1.63. The molecule has 1 saturated heterocycles. The van der Waals surface area contributed by atoms with E-state index in [2.05, 4.69) is 20.4 Å². The predicted octanol–water partition coefficient (Wildman–Crippen LogP) is 7.23. The molecule has 0 radical (unpaired) electrons. The lowest BCUT2D eigenvalue weighted by Gasteiger charge is -2.37. The van der Waals surface area contributed by atoms with E-state index in [1.807, 2.05) is 58.3 Å². The van der Waals surface area contributed by atoms with Gasteiger partial charge in [-0.25, -0.2) is 9.13 Å². The number of nitrogens with zero attached hydrogens (tertiary/aromatic N) is 6. The fraction of sp³-hybridized carbons (Fsp3) is 0.467. The van der Waals surface area contributed by atoms with Crippen LogP contribution in [-0.2, 0) is 27.2 Å². The molecule has 264 valence electrons. The first-order chi connectivity index (χ1) is 23.2. The molecule has 0 unspecified atom stereocenters. The van der Waals surface area contributed by atoms with Crippen molar-refractivity contribution in [1.29, 1.82) is 0 Å². The van der Waals surface area contributed by atoms with Gasteiger partial charge in [-0.3, -0.25) is 0 Å². The summed E-state index contributed by atoms with van der Waals surface area (Å²) in [6.07, 6.45) is 3.20. The highest BCUT2D eigenvalue weighted by atomic mass is 32.7. The van der Waals surface area contributed by atoms with E-state index >= 15 is 0 Å². The SMILES string of the molecule is CCOP(=O)(OCC)S/C(=N/N=C/c1ccc(OC)cc1)N1CCN(/C(=N\N=C\c2ccc(OC)cc2)SP(=O)(OCC)OCC)CC1. The molecule has 0 spiro atoms. The average Bonchev–Trinajstić information content (AvgIpc) is 3.08. The van der Waals surface area contributed by atoms with E-state index in [9.17, 15) is 9.13 Å². The van der Waals surface area contributed by atoms with Crippen LogP contribution in [0, 0.1) is 0 Å². The number of piperazine rings is 1. The van der Waals surface area contributed by atoms with E-state index in [1.54, 1.807) is 54.3 Å². The van der Waals surface area contributed by atoms with Crippen LogP contribution in [0.3, 0.4) is 0 Å². The number of hydrogen-bond acceptors (Lipinski definition) is 14. The van der Waals surface area contributed by atoms with Gasteiger partial charge in [-0.2, -0.15) is 10.2 Å². The summed E-state index contributed by atoms with van der Waals surface area (Å²) in [5, 5.41) is 18.2. The molecule has 2 aromatic carbocycles. The summed E-state index contributed by atoms with van der Waals surface area (Å²) in [7, 11) is 3.21. The van der Waals surface area contributed by atoms with Crippen molar-refractivity contribution in [2.45, 2.75) is 27.7 Å². The first kappa shape index (κ1) is 39.8. The van der Waals surface area contributed by atoms with Gasteiger partial charge in [0.1, 0.15) is 11.5 Å². The minimum absolute atomic E-state index is 0.203. The van der Waals surface area contributed by atoms with Gasteiger partial charge in [0.15, 0.2) is 10.3 Å². The zero-order valence-corrected chi connectivity index (χ0v) is 31.5. The molecule has 48 heavy (non-hydrogen) atoms. The van der Waals surface area contributed by atoms with Gasteiger partial charge in [0.2, 0.25) is 0 Å². The van der Waals surface area contributed by atoms with Gasteiger partial charge in [0.05, 0.1) is 53.1 Å². The molecule has 1 aliphatic rings. The Morgan fingerprint density at radius 1 is 0.625 bits per heavy atom. The first-order valence-corrected chi connectivity index (χ1v) is 21.3. The molecule has 14 nitrogen and oxygen atoms in total. The molecule has 18 heteroatoms. The zero-order chi connectivity index (χ0) is 34.8. The third-order valence-electron chi connectivity index (χ3n) is 6.29. The molecule has 0 aliphatic carbocycles. The van der Waals surface area contributed by atoms with Crippen LogP contribution in [0.5, 0.6) is 11.5 Å². The predicted molar refractivity (Wildman–Crippen MR) is 196 cm³/mol. The summed E-state index contributed by atoms with van der Waals surface area (Å²) >= 11 is 1.84. The largest absolute Gasteiger partial charge is 0.497 e. The smallest absolute Gasteiger partial charge is 0.396 e. The van der Waals surface area contributed by atoms with E-state index in [4.69, 9.17) is 27.6 Å². The molecule has 1 fully saturated rings. The minimum Gasteiger partial charge on any atom is -0.497 e. The Morgan fingerprint density at radius 2 is 0.938 bits per heavy atom. The normalized spacial score (nSPS) is 15.1. The van der Waals surface area contributed by atoms with Crippen molar-refractivity contribution in [1.82, 2.24) is 9.80 Å². The van der Waals surface area contributed by atoms with Crippen molar-refractivity contribution >= 4 is 59.1 Å².